The van der Waals surface area contributed by atoms with Crippen LogP contribution >= 0.6 is 11.6 Å². The van der Waals surface area contributed by atoms with Crippen molar-refractivity contribution in [3.05, 3.63) is 101 Å². The molecular weight excluding hydrogens is 398 g/mol. The molecule has 0 aliphatic carbocycles. The summed E-state index contributed by atoms with van der Waals surface area (Å²) in [4.78, 5) is 39.1. The second-order valence-electron chi connectivity index (χ2n) is 7.42. The van der Waals surface area contributed by atoms with Crippen molar-refractivity contribution in [3.8, 4) is 0 Å². The first-order valence-corrected chi connectivity index (χ1v) is 10.2. The molecule has 150 valence electrons. The predicted molar refractivity (Wildman–Crippen MR) is 117 cm³/mol. The van der Waals surface area contributed by atoms with E-state index in [2.05, 4.69) is 5.32 Å². The van der Waals surface area contributed by atoms with Crippen LogP contribution in [-0.2, 0) is 4.79 Å². The molecule has 1 aliphatic rings. The number of carbonyl (C=O) groups is 3. The van der Waals surface area contributed by atoms with E-state index < -0.39 is 11.8 Å². The zero-order valence-corrected chi connectivity index (χ0v) is 16.9. The number of fused-ring (bicyclic) bond motifs is 1. The standard InChI is InChI=1S/C25H20ClNO3/c26-18-10-6-9-17(13-18)20(14-23(28)16-7-2-1-3-8-16)21-15-24(29)27-22-12-5-4-11-19(22)25(21)30/h1-13,20-21H,14-15H2,(H,27,29). The highest BCUT2D eigenvalue weighted by atomic mass is 35.5. The van der Waals surface area contributed by atoms with Gasteiger partial charge in [0.2, 0.25) is 5.91 Å². The number of halogens is 1. The van der Waals surface area contributed by atoms with Crippen molar-refractivity contribution in [3.63, 3.8) is 0 Å². The number of anilines is 1. The lowest BCUT2D eigenvalue weighted by atomic mass is 9.76. The Labute approximate surface area is 179 Å². The van der Waals surface area contributed by atoms with Gasteiger partial charge in [0.25, 0.3) is 0 Å². The van der Waals surface area contributed by atoms with E-state index in [0.29, 0.717) is 21.8 Å². The van der Waals surface area contributed by atoms with Crippen LogP contribution in [0.25, 0.3) is 0 Å². The summed E-state index contributed by atoms with van der Waals surface area (Å²) in [6.45, 7) is 0. The predicted octanol–water partition coefficient (Wildman–Crippen LogP) is 5.54. The Morgan fingerprint density at radius 2 is 1.70 bits per heavy atom. The summed E-state index contributed by atoms with van der Waals surface area (Å²) in [6.07, 6.45) is 0.114. The van der Waals surface area contributed by atoms with Gasteiger partial charge in [0, 0.05) is 40.8 Å². The van der Waals surface area contributed by atoms with Crippen LogP contribution in [0.5, 0.6) is 0 Å². The largest absolute Gasteiger partial charge is 0.325 e. The molecule has 0 spiro atoms. The summed E-state index contributed by atoms with van der Waals surface area (Å²) in [5.41, 5.74) is 2.33. The summed E-state index contributed by atoms with van der Waals surface area (Å²) < 4.78 is 0. The third kappa shape index (κ3) is 4.19. The maximum Gasteiger partial charge on any atom is 0.225 e. The fourth-order valence-corrected chi connectivity index (χ4v) is 4.20. The topological polar surface area (TPSA) is 63.2 Å². The van der Waals surface area contributed by atoms with Crippen molar-refractivity contribution in [1.29, 1.82) is 0 Å². The molecule has 5 heteroatoms. The minimum absolute atomic E-state index is 0.00671. The SMILES string of the molecule is O=C1CC(C(CC(=O)c2ccccc2)c2cccc(Cl)c2)C(=O)c2ccccc2N1. The molecule has 1 heterocycles. The first-order valence-electron chi connectivity index (χ1n) is 9.80. The molecule has 0 bridgehead atoms. The quantitative estimate of drug-likeness (QED) is 0.554. The molecule has 30 heavy (non-hydrogen) atoms. The Morgan fingerprint density at radius 3 is 2.47 bits per heavy atom. The fourth-order valence-electron chi connectivity index (χ4n) is 4.00. The Bertz CT molecular complexity index is 1110. The molecule has 3 aromatic rings. The van der Waals surface area contributed by atoms with Crippen LogP contribution in [0.4, 0.5) is 5.69 Å². The van der Waals surface area contributed by atoms with Gasteiger partial charge in [-0.05, 0) is 29.8 Å². The summed E-state index contributed by atoms with van der Waals surface area (Å²) in [7, 11) is 0. The van der Waals surface area contributed by atoms with Gasteiger partial charge in [0.1, 0.15) is 0 Å². The lowest BCUT2D eigenvalue weighted by Crippen LogP contribution is -2.26. The van der Waals surface area contributed by atoms with Crippen LogP contribution < -0.4 is 5.32 Å². The van der Waals surface area contributed by atoms with E-state index in [1.807, 2.05) is 24.3 Å². The number of amides is 1. The lowest BCUT2D eigenvalue weighted by molar-refractivity contribution is -0.116. The molecule has 0 fully saturated rings. The van der Waals surface area contributed by atoms with Crippen molar-refractivity contribution < 1.29 is 14.4 Å². The number of benzene rings is 3. The second-order valence-corrected chi connectivity index (χ2v) is 7.86. The summed E-state index contributed by atoms with van der Waals surface area (Å²) >= 11 is 6.21. The molecule has 2 atom stereocenters. The molecule has 1 amide bonds. The number of Topliss-reactive ketones (excluding diaryl/α,β-unsaturated/α-hetero) is 2. The number of hydrogen-bond acceptors (Lipinski definition) is 3. The highest BCUT2D eigenvalue weighted by Crippen LogP contribution is 2.38. The molecule has 4 rings (SSSR count). The van der Waals surface area contributed by atoms with E-state index >= 15 is 0 Å². The first-order chi connectivity index (χ1) is 14.5. The van der Waals surface area contributed by atoms with Gasteiger partial charge in [0.15, 0.2) is 11.6 Å². The molecule has 4 nitrogen and oxygen atoms in total. The zero-order chi connectivity index (χ0) is 21.1. The normalized spacial score (nSPS) is 16.9. The zero-order valence-electron chi connectivity index (χ0n) is 16.2. The number of hydrogen-bond donors (Lipinski definition) is 1. The van der Waals surface area contributed by atoms with Gasteiger partial charge in [-0.3, -0.25) is 14.4 Å². The summed E-state index contributed by atoms with van der Waals surface area (Å²) in [5, 5.41) is 3.34. The van der Waals surface area contributed by atoms with Gasteiger partial charge in [-0.2, -0.15) is 0 Å². The number of nitrogens with one attached hydrogen (secondary N) is 1. The fraction of sp³-hybridized carbons (Fsp3) is 0.160. The lowest BCUT2D eigenvalue weighted by Gasteiger charge is -2.25. The van der Waals surface area contributed by atoms with E-state index in [9.17, 15) is 14.4 Å². The minimum atomic E-state index is -0.667. The summed E-state index contributed by atoms with van der Waals surface area (Å²) in [5.74, 6) is -1.60. The smallest absolute Gasteiger partial charge is 0.225 e. The molecule has 3 aromatic carbocycles. The average Bonchev–Trinajstić information content (AvgIpc) is 2.88. The van der Waals surface area contributed by atoms with E-state index in [0.717, 1.165) is 5.56 Å². The molecule has 0 saturated heterocycles. The van der Waals surface area contributed by atoms with Crippen LogP contribution in [0.15, 0.2) is 78.9 Å². The first kappa shape index (κ1) is 20.0. The van der Waals surface area contributed by atoms with Crippen LogP contribution in [0.3, 0.4) is 0 Å². The van der Waals surface area contributed by atoms with E-state index in [1.165, 1.54) is 0 Å². The highest BCUT2D eigenvalue weighted by Gasteiger charge is 2.37. The van der Waals surface area contributed by atoms with Crippen molar-refractivity contribution in [2.24, 2.45) is 5.92 Å². The number of para-hydroxylation sites is 1. The Morgan fingerprint density at radius 1 is 0.967 bits per heavy atom. The molecule has 0 aromatic heterocycles. The van der Waals surface area contributed by atoms with E-state index in [-0.39, 0.29) is 30.3 Å². The maximum absolute atomic E-state index is 13.5. The van der Waals surface area contributed by atoms with E-state index in [1.54, 1.807) is 54.6 Å². The van der Waals surface area contributed by atoms with E-state index in [4.69, 9.17) is 11.6 Å². The maximum atomic E-state index is 13.5. The third-order valence-electron chi connectivity index (χ3n) is 5.47. The van der Waals surface area contributed by atoms with Crippen LogP contribution in [-0.4, -0.2) is 17.5 Å². The molecule has 0 saturated carbocycles. The Kier molecular flexibility index (Phi) is 5.77. The summed E-state index contributed by atoms with van der Waals surface area (Å²) in [6, 6.07) is 23.1. The van der Waals surface area contributed by atoms with Crippen LogP contribution in [0, 0.1) is 5.92 Å². The van der Waals surface area contributed by atoms with Gasteiger partial charge in [0.05, 0.1) is 5.69 Å². The van der Waals surface area contributed by atoms with Gasteiger partial charge in [-0.1, -0.05) is 66.2 Å². The molecule has 1 N–H and O–H groups in total. The monoisotopic (exact) mass is 417 g/mol. The van der Waals surface area contributed by atoms with Gasteiger partial charge in [-0.25, -0.2) is 0 Å². The van der Waals surface area contributed by atoms with Gasteiger partial charge in [-0.15, -0.1) is 0 Å². The molecular formula is C25H20ClNO3. The molecule has 2 unspecified atom stereocenters. The van der Waals surface area contributed by atoms with Crippen molar-refractivity contribution in [2.45, 2.75) is 18.8 Å². The van der Waals surface area contributed by atoms with Gasteiger partial charge >= 0.3 is 0 Å². The van der Waals surface area contributed by atoms with Crippen molar-refractivity contribution in [1.82, 2.24) is 0 Å². The third-order valence-corrected chi connectivity index (χ3v) is 5.71. The highest BCUT2D eigenvalue weighted by molar-refractivity contribution is 6.30. The Balaban J connectivity index is 1.76. The molecule has 0 radical (unpaired) electrons. The van der Waals surface area contributed by atoms with Crippen LogP contribution in [0.2, 0.25) is 5.02 Å². The number of ketones is 2. The molecule has 1 aliphatic heterocycles. The number of rotatable bonds is 5. The van der Waals surface area contributed by atoms with Crippen LogP contribution in [0.1, 0.15) is 45.0 Å². The minimum Gasteiger partial charge on any atom is -0.325 e. The van der Waals surface area contributed by atoms with Gasteiger partial charge < -0.3 is 5.32 Å². The van der Waals surface area contributed by atoms with Crippen molar-refractivity contribution in [2.75, 3.05) is 5.32 Å². The Hall–Kier alpha value is -3.24. The van der Waals surface area contributed by atoms with Crippen molar-refractivity contribution >= 4 is 34.8 Å². The second kappa shape index (κ2) is 8.64. The average molecular weight is 418 g/mol. The number of carbonyl (C=O) groups excluding carboxylic acids is 3.